The van der Waals surface area contributed by atoms with E-state index in [0.717, 1.165) is 44.3 Å². The topological polar surface area (TPSA) is 43.0 Å². The summed E-state index contributed by atoms with van der Waals surface area (Å²) in [7, 11) is -3.66. The standard InChI is InChI=1S/C16H38N2O3Si2/c1-7-19-23(20-8-2,21-9-3)14-10-12-18-13-11-17-15-16(18)22(4,5)6/h16-17H,7-15H2,1-6H3. The molecule has 0 radical (unpaired) electrons. The molecule has 5 nitrogen and oxygen atoms in total. The van der Waals surface area contributed by atoms with Crippen LogP contribution in [0.3, 0.4) is 0 Å². The Hall–Kier alpha value is 0.234. The summed E-state index contributed by atoms with van der Waals surface area (Å²) in [6.45, 7) is 20.0. The SMILES string of the molecule is CCO[Si](CCCN1CCNCC1[Si](C)(C)C)(OCC)OCC. The summed E-state index contributed by atoms with van der Waals surface area (Å²) in [6, 6.07) is 0.921. The van der Waals surface area contributed by atoms with Crippen LogP contribution < -0.4 is 5.32 Å². The molecule has 23 heavy (non-hydrogen) atoms. The molecule has 7 heteroatoms. The monoisotopic (exact) mass is 362 g/mol. The van der Waals surface area contributed by atoms with Crippen LogP contribution in [0.25, 0.3) is 0 Å². The molecule has 0 bridgehead atoms. The maximum absolute atomic E-state index is 5.97. The van der Waals surface area contributed by atoms with Crippen molar-refractivity contribution in [3.8, 4) is 0 Å². The average Bonchev–Trinajstić information content (AvgIpc) is 2.47. The van der Waals surface area contributed by atoms with Crippen LogP contribution in [0.4, 0.5) is 0 Å². The lowest BCUT2D eigenvalue weighted by Crippen LogP contribution is -2.61. The highest BCUT2D eigenvalue weighted by Crippen LogP contribution is 2.21. The van der Waals surface area contributed by atoms with E-state index in [-0.39, 0.29) is 0 Å². The van der Waals surface area contributed by atoms with E-state index < -0.39 is 16.9 Å². The van der Waals surface area contributed by atoms with Crippen LogP contribution in [-0.2, 0) is 13.3 Å². The minimum atomic E-state index is -2.48. The summed E-state index contributed by atoms with van der Waals surface area (Å²) in [4.78, 5) is 2.69. The molecule has 1 atom stereocenters. The molecule has 1 heterocycles. The predicted octanol–water partition coefficient (Wildman–Crippen LogP) is 2.58. The van der Waals surface area contributed by atoms with E-state index in [0.29, 0.717) is 19.8 Å². The second-order valence-electron chi connectivity index (χ2n) is 7.21. The molecule has 1 saturated heterocycles. The lowest BCUT2D eigenvalue weighted by atomic mass is 10.3. The van der Waals surface area contributed by atoms with Gasteiger partial charge in [-0.1, -0.05) is 19.6 Å². The highest BCUT2D eigenvalue weighted by molar-refractivity contribution is 6.77. The van der Waals surface area contributed by atoms with E-state index in [1.165, 1.54) is 0 Å². The number of rotatable bonds is 11. The van der Waals surface area contributed by atoms with Gasteiger partial charge >= 0.3 is 8.80 Å². The average molecular weight is 363 g/mol. The summed E-state index contributed by atoms with van der Waals surface area (Å²) >= 11 is 0. The minimum absolute atomic E-state index is 0.664. The van der Waals surface area contributed by atoms with E-state index in [4.69, 9.17) is 13.3 Å². The lowest BCUT2D eigenvalue weighted by Gasteiger charge is -2.43. The van der Waals surface area contributed by atoms with Gasteiger partial charge in [0.2, 0.25) is 0 Å². The molecule has 0 aromatic heterocycles. The molecule has 1 aliphatic heterocycles. The highest BCUT2D eigenvalue weighted by Gasteiger charge is 2.40. The van der Waals surface area contributed by atoms with Gasteiger partial charge in [-0.05, 0) is 33.7 Å². The van der Waals surface area contributed by atoms with Crippen molar-refractivity contribution in [3.05, 3.63) is 0 Å². The Morgan fingerprint density at radius 1 is 1.00 bits per heavy atom. The lowest BCUT2D eigenvalue weighted by molar-refractivity contribution is 0.0694. The van der Waals surface area contributed by atoms with Crippen LogP contribution in [-0.4, -0.2) is 73.4 Å². The predicted molar refractivity (Wildman–Crippen MR) is 102 cm³/mol. The Morgan fingerprint density at radius 2 is 1.57 bits per heavy atom. The van der Waals surface area contributed by atoms with E-state index in [9.17, 15) is 0 Å². The van der Waals surface area contributed by atoms with Gasteiger partial charge in [-0.3, -0.25) is 0 Å². The first-order chi connectivity index (χ1) is 10.9. The zero-order valence-corrected chi connectivity index (χ0v) is 18.1. The summed E-state index contributed by atoms with van der Waals surface area (Å²) < 4.78 is 17.9. The zero-order valence-electron chi connectivity index (χ0n) is 16.1. The largest absolute Gasteiger partial charge is 0.500 e. The van der Waals surface area contributed by atoms with Gasteiger partial charge in [-0.15, -0.1) is 0 Å². The van der Waals surface area contributed by atoms with Crippen LogP contribution >= 0.6 is 0 Å². The molecular formula is C16H38N2O3Si2. The van der Waals surface area contributed by atoms with E-state index >= 15 is 0 Å². The van der Waals surface area contributed by atoms with Gasteiger partial charge in [0, 0.05) is 51.2 Å². The molecule has 1 N–H and O–H groups in total. The fraction of sp³-hybridized carbons (Fsp3) is 1.00. The van der Waals surface area contributed by atoms with Gasteiger partial charge in [0.15, 0.2) is 0 Å². The fourth-order valence-corrected chi connectivity index (χ4v) is 8.07. The Kier molecular flexibility index (Phi) is 9.51. The van der Waals surface area contributed by atoms with Gasteiger partial charge in [-0.2, -0.15) is 0 Å². The highest BCUT2D eigenvalue weighted by atomic mass is 28.4. The van der Waals surface area contributed by atoms with Crippen molar-refractivity contribution in [2.24, 2.45) is 0 Å². The summed E-state index contributed by atoms with van der Waals surface area (Å²) in [6.07, 6.45) is 1.09. The van der Waals surface area contributed by atoms with Gasteiger partial charge in [0.1, 0.15) is 0 Å². The second kappa shape index (κ2) is 10.3. The zero-order chi connectivity index (χ0) is 17.3. The quantitative estimate of drug-likeness (QED) is 0.572. The molecule has 0 saturated carbocycles. The van der Waals surface area contributed by atoms with Crippen molar-refractivity contribution >= 4 is 16.9 Å². The van der Waals surface area contributed by atoms with Gasteiger partial charge in [0.05, 0.1) is 8.07 Å². The van der Waals surface area contributed by atoms with E-state index in [1.54, 1.807) is 0 Å². The van der Waals surface area contributed by atoms with Crippen LogP contribution in [0, 0.1) is 0 Å². The van der Waals surface area contributed by atoms with Crippen LogP contribution in [0.15, 0.2) is 0 Å². The second-order valence-corrected chi connectivity index (χ2v) is 15.3. The van der Waals surface area contributed by atoms with Crippen molar-refractivity contribution in [2.75, 3.05) is 46.0 Å². The van der Waals surface area contributed by atoms with Crippen molar-refractivity contribution < 1.29 is 13.3 Å². The molecule has 0 aromatic rings. The summed E-state index contributed by atoms with van der Waals surface area (Å²) in [5, 5.41) is 3.57. The Balaban J connectivity index is 2.59. The Labute approximate surface area is 145 Å². The van der Waals surface area contributed by atoms with Crippen molar-refractivity contribution in [1.82, 2.24) is 10.2 Å². The summed E-state index contributed by atoms with van der Waals surface area (Å²) in [5.41, 5.74) is 0.721. The third-order valence-electron chi connectivity index (χ3n) is 4.37. The van der Waals surface area contributed by atoms with Gasteiger partial charge < -0.3 is 23.5 Å². The maximum Gasteiger partial charge on any atom is 0.500 e. The number of hydrogen-bond acceptors (Lipinski definition) is 5. The molecule has 1 fully saturated rings. The first-order valence-corrected chi connectivity index (χ1v) is 14.8. The Bertz CT molecular complexity index is 310. The number of nitrogens with zero attached hydrogens (tertiary/aromatic N) is 1. The minimum Gasteiger partial charge on any atom is -0.374 e. The molecule has 0 aliphatic carbocycles. The third kappa shape index (κ3) is 6.93. The first kappa shape index (κ1) is 21.3. The molecule has 0 amide bonds. The van der Waals surface area contributed by atoms with Crippen molar-refractivity contribution in [1.29, 1.82) is 0 Å². The Morgan fingerprint density at radius 3 is 2.04 bits per heavy atom. The van der Waals surface area contributed by atoms with Crippen LogP contribution in [0.5, 0.6) is 0 Å². The third-order valence-corrected chi connectivity index (χ3v) is 10.1. The van der Waals surface area contributed by atoms with Gasteiger partial charge in [-0.25, -0.2) is 0 Å². The van der Waals surface area contributed by atoms with Crippen LogP contribution in [0.2, 0.25) is 25.7 Å². The molecule has 0 aromatic carbocycles. The van der Waals surface area contributed by atoms with E-state index in [2.05, 4.69) is 29.9 Å². The molecule has 0 spiro atoms. The molecule has 1 rings (SSSR count). The van der Waals surface area contributed by atoms with Crippen molar-refractivity contribution in [3.63, 3.8) is 0 Å². The number of piperazine rings is 1. The summed E-state index contributed by atoms with van der Waals surface area (Å²) in [5.74, 6) is 0. The first-order valence-electron chi connectivity index (χ1n) is 9.25. The van der Waals surface area contributed by atoms with Gasteiger partial charge in [0.25, 0.3) is 0 Å². The maximum atomic E-state index is 5.97. The van der Waals surface area contributed by atoms with E-state index in [1.807, 2.05) is 20.8 Å². The smallest absolute Gasteiger partial charge is 0.374 e. The number of nitrogens with one attached hydrogen (secondary N) is 1. The normalized spacial score (nSPS) is 20.9. The molecular weight excluding hydrogens is 324 g/mol. The molecule has 1 aliphatic rings. The fourth-order valence-electron chi connectivity index (χ4n) is 3.37. The van der Waals surface area contributed by atoms with Crippen LogP contribution in [0.1, 0.15) is 27.2 Å². The molecule has 138 valence electrons. The molecule has 1 unspecified atom stereocenters. The van der Waals surface area contributed by atoms with Crippen molar-refractivity contribution in [2.45, 2.75) is 58.5 Å². The number of hydrogen-bond donors (Lipinski definition) is 1.